The highest BCUT2D eigenvalue weighted by atomic mass is 16.5. The Bertz CT molecular complexity index is 1440. The number of ether oxygens (including phenoxy) is 2. The molecule has 0 unspecified atom stereocenters. The van der Waals surface area contributed by atoms with Gasteiger partial charge in [0.2, 0.25) is 0 Å². The Kier molecular flexibility index (Phi) is 10.1. The number of aryl methyl sites for hydroxylation is 3. The van der Waals surface area contributed by atoms with Crippen LogP contribution >= 0.6 is 0 Å². The molecule has 0 aliphatic heterocycles. The van der Waals surface area contributed by atoms with E-state index in [0.717, 1.165) is 71.6 Å². The van der Waals surface area contributed by atoms with Gasteiger partial charge in [-0.1, -0.05) is 72.5 Å². The van der Waals surface area contributed by atoms with Crippen LogP contribution in [0, 0.1) is 13.8 Å². The second-order valence-corrected chi connectivity index (χ2v) is 10.2. The van der Waals surface area contributed by atoms with E-state index < -0.39 is 0 Å². The van der Waals surface area contributed by atoms with Gasteiger partial charge < -0.3 is 14.0 Å². The van der Waals surface area contributed by atoms with E-state index >= 15 is 0 Å². The summed E-state index contributed by atoms with van der Waals surface area (Å²) >= 11 is 0. The second kappa shape index (κ2) is 13.9. The van der Waals surface area contributed by atoms with Crippen LogP contribution in [0.15, 0.2) is 54.6 Å². The van der Waals surface area contributed by atoms with Gasteiger partial charge in [-0.25, -0.2) is 9.97 Å². The summed E-state index contributed by atoms with van der Waals surface area (Å²) in [5, 5.41) is 0. The Labute approximate surface area is 236 Å². The lowest BCUT2D eigenvalue weighted by Crippen LogP contribution is -2.09. The highest BCUT2D eigenvalue weighted by Crippen LogP contribution is 2.32. The van der Waals surface area contributed by atoms with E-state index in [9.17, 15) is 9.59 Å². The van der Waals surface area contributed by atoms with Crippen molar-refractivity contribution in [2.24, 2.45) is 0 Å². The Morgan fingerprint density at radius 1 is 0.800 bits per heavy atom. The van der Waals surface area contributed by atoms with Gasteiger partial charge in [0.25, 0.3) is 0 Å². The lowest BCUT2D eigenvalue weighted by molar-refractivity contribution is -0.143. The predicted molar refractivity (Wildman–Crippen MR) is 158 cm³/mol. The van der Waals surface area contributed by atoms with Gasteiger partial charge in [-0.05, 0) is 39.7 Å². The second-order valence-electron chi connectivity index (χ2n) is 10.2. The van der Waals surface area contributed by atoms with Gasteiger partial charge in [-0.2, -0.15) is 0 Å². The van der Waals surface area contributed by atoms with Crippen LogP contribution in [0.5, 0.6) is 0 Å². The molecule has 0 aliphatic rings. The van der Waals surface area contributed by atoms with E-state index in [2.05, 4.69) is 73.0 Å². The van der Waals surface area contributed by atoms with Crippen LogP contribution in [0.2, 0.25) is 0 Å². The molecule has 0 spiro atoms. The van der Waals surface area contributed by atoms with E-state index in [4.69, 9.17) is 19.4 Å². The maximum Gasteiger partial charge on any atom is 0.305 e. The number of benzene rings is 2. The quantitative estimate of drug-likeness (QED) is 0.134. The fourth-order valence-corrected chi connectivity index (χ4v) is 4.81. The van der Waals surface area contributed by atoms with Crippen LogP contribution in [-0.2, 0) is 32.0 Å². The van der Waals surface area contributed by atoms with Crippen molar-refractivity contribution in [3.05, 3.63) is 71.4 Å². The number of hydrogen-bond donors (Lipinski definition) is 0. The van der Waals surface area contributed by atoms with Crippen molar-refractivity contribution in [3.8, 4) is 22.5 Å². The zero-order chi connectivity index (χ0) is 28.5. The van der Waals surface area contributed by atoms with Crippen molar-refractivity contribution >= 4 is 23.1 Å². The number of carbonyl (C=O) groups is 2. The van der Waals surface area contributed by atoms with Crippen LogP contribution in [0.3, 0.4) is 0 Å². The molecule has 40 heavy (non-hydrogen) atoms. The predicted octanol–water partition coefficient (Wildman–Crippen LogP) is 7.00. The molecule has 0 fully saturated rings. The summed E-state index contributed by atoms with van der Waals surface area (Å²) in [5.41, 5.74) is 8.80. The standard InChI is InChI=1S/C33H39N3O4/c1-5-39-30(38)10-8-6-7-9-20-36-28(19-21-40-25(4)37)22-29-33(36)35-32(27-17-13-24(3)14-18-27)31(34-29)26-15-11-23(2)12-16-26/h11-18,22H,5-10,19-21H2,1-4H3. The molecule has 0 amide bonds. The van der Waals surface area contributed by atoms with E-state index in [-0.39, 0.29) is 11.9 Å². The largest absolute Gasteiger partial charge is 0.466 e. The molecule has 0 bridgehead atoms. The summed E-state index contributed by atoms with van der Waals surface area (Å²) < 4.78 is 12.5. The molecule has 0 atom stereocenters. The van der Waals surface area contributed by atoms with Crippen molar-refractivity contribution in [1.82, 2.24) is 14.5 Å². The van der Waals surface area contributed by atoms with Crippen LogP contribution < -0.4 is 0 Å². The average molecular weight is 542 g/mol. The monoisotopic (exact) mass is 541 g/mol. The molecule has 7 nitrogen and oxygen atoms in total. The number of fused-ring (bicyclic) bond motifs is 1. The average Bonchev–Trinajstić information content (AvgIpc) is 3.27. The Hall–Kier alpha value is -4.00. The molecular formula is C33H39N3O4. The molecule has 0 aliphatic carbocycles. The highest BCUT2D eigenvalue weighted by Gasteiger charge is 2.18. The summed E-state index contributed by atoms with van der Waals surface area (Å²) in [7, 11) is 0. The fourth-order valence-electron chi connectivity index (χ4n) is 4.81. The van der Waals surface area contributed by atoms with Gasteiger partial charge in [-0.15, -0.1) is 0 Å². The third kappa shape index (κ3) is 7.56. The number of carbonyl (C=O) groups excluding carboxylic acids is 2. The Morgan fingerprint density at radius 3 is 2.00 bits per heavy atom. The van der Waals surface area contributed by atoms with Gasteiger partial charge in [0.05, 0.1) is 24.6 Å². The first-order valence-corrected chi connectivity index (χ1v) is 14.2. The van der Waals surface area contributed by atoms with E-state index in [0.29, 0.717) is 26.1 Å². The lowest BCUT2D eigenvalue weighted by Gasteiger charge is -2.13. The maximum atomic E-state index is 11.6. The summed E-state index contributed by atoms with van der Waals surface area (Å²) in [6, 6.07) is 18.8. The number of esters is 2. The number of hydrogen-bond acceptors (Lipinski definition) is 6. The minimum Gasteiger partial charge on any atom is -0.466 e. The van der Waals surface area contributed by atoms with Crippen molar-refractivity contribution in [2.45, 2.75) is 72.8 Å². The smallest absolute Gasteiger partial charge is 0.305 e. The molecule has 2 aromatic heterocycles. The number of rotatable bonds is 13. The summed E-state index contributed by atoms with van der Waals surface area (Å²) in [5.74, 6) is -0.418. The van der Waals surface area contributed by atoms with Gasteiger partial charge in [-0.3, -0.25) is 9.59 Å². The van der Waals surface area contributed by atoms with Crippen LogP contribution in [0.25, 0.3) is 33.7 Å². The van der Waals surface area contributed by atoms with Gasteiger partial charge in [0.1, 0.15) is 5.52 Å². The summed E-state index contributed by atoms with van der Waals surface area (Å²) in [6.45, 7) is 8.91. The van der Waals surface area contributed by atoms with Gasteiger partial charge in [0.15, 0.2) is 5.65 Å². The fraction of sp³-hybridized carbons (Fsp3) is 0.394. The SMILES string of the molecule is CCOC(=O)CCCCCCn1c(CCOC(C)=O)cc2nc(-c3ccc(C)cc3)c(-c3ccc(C)cc3)nc21. The zero-order valence-electron chi connectivity index (χ0n) is 24.0. The third-order valence-corrected chi connectivity index (χ3v) is 6.94. The Balaban J connectivity index is 1.67. The molecule has 0 saturated heterocycles. The highest BCUT2D eigenvalue weighted by molar-refractivity contribution is 5.85. The molecule has 0 N–H and O–H groups in total. The van der Waals surface area contributed by atoms with Crippen molar-refractivity contribution in [1.29, 1.82) is 0 Å². The molecule has 4 aromatic rings. The minimum absolute atomic E-state index is 0.130. The van der Waals surface area contributed by atoms with E-state index in [1.54, 1.807) is 0 Å². The van der Waals surface area contributed by atoms with Crippen molar-refractivity contribution < 1.29 is 19.1 Å². The number of unbranched alkanes of at least 4 members (excludes halogenated alkanes) is 3. The molecule has 210 valence electrons. The van der Waals surface area contributed by atoms with Crippen LogP contribution in [-0.4, -0.2) is 39.7 Å². The number of aromatic nitrogens is 3. The maximum absolute atomic E-state index is 11.6. The zero-order valence-corrected chi connectivity index (χ0v) is 24.0. The molecule has 0 radical (unpaired) electrons. The van der Waals surface area contributed by atoms with E-state index in [1.807, 2.05) is 6.92 Å². The van der Waals surface area contributed by atoms with Gasteiger partial charge >= 0.3 is 11.9 Å². The summed E-state index contributed by atoms with van der Waals surface area (Å²) in [4.78, 5) is 33.4. The minimum atomic E-state index is -0.288. The number of nitrogens with zero attached hydrogens (tertiary/aromatic N) is 3. The molecule has 2 heterocycles. The van der Waals surface area contributed by atoms with Crippen LogP contribution in [0.1, 0.15) is 62.8 Å². The van der Waals surface area contributed by atoms with E-state index in [1.165, 1.54) is 18.1 Å². The molecule has 7 heteroatoms. The lowest BCUT2D eigenvalue weighted by atomic mass is 10.0. The van der Waals surface area contributed by atoms with Gasteiger partial charge in [0, 0.05) is 43.1 Å². The summed E-state index contributed by atoms with van der Waals surface area (Å²) in [6.07, 6.45) is 4.75. The molecule has 0 saturated carbocycles. The third-order valence-electron chi connectivity index (χ3n) is 6.94. The molecule has 2 aromatic carbocycles. The first-order valence-electron chi connectivity index (χ1n) is 14.2. The molecular weight excluding hydrogens is 502 g/mol. The topological polar surface area (TPSA) is 83.3 Å². The normalized spacial score (nSPS) is 11.1. The Morgan fingerprint density at radius 2 is 1.40 bits per heavy atom. The van der Waals surface area contributed by atoms with Crippen molar-refractivity contribution in [2.75, 3.05) is 13.2 Å². The van der Waals surface area contributed by atoms with Crippen molar-refractivity contribution in [3.63, 3.8) is 0 Å². The molecule has 4 rings (SSSR count). The first-order chi connectivity index (χ1) is 19.4. The first kappa shape index (κ1) is 29.0. The van der Waals surface area contributed by atoms with Crippen LogP contribution in [0.4, 0.5) is 0 Å².